The molecule has 2 fully saturated rings. The molecule has 0 radical (unpaired) electrons. The van der Waals surface area contributed by atoms with E-state index in [-0.39, 0.29) is 24.3 Å². The van der Waals surface area contributed by atoms with Crippen molar-refractivity contribution in [3.63, 3.8) is 0 Å². The monoisotopic (exact) mass is 337 g/mol. The van der Waals surface area contributed by atoms with Crippen LogP contribution in [0, 0.1) is 11.8 Å². The molecule has 1 heterocycles. The molecule has 1 saturated heterocycles. The van der Waals surface area contributed by atoms with Crippen LogP contribution in [-0.4, -0.2) is 63.8 Å². The molecule has 23 heavy (non-hydrogen) atoms. The first-order chi connectivity index (χ1) is 11.1. The van der Waals surface area contributed by atoms with E-state index >= 15 is 0 Å². The van der Waals surface area contributed by atoms with Gasteiger partial charge in [-0.25, -0.2) is 0 Å². The minimum atomic E-state index is -0.658. The van der Waals surface area contributed by atoms with Crippen molar-refractivity contribution in [2.24, 2.45) is 11.8 Å². The molecule has 6 heteroatoms. The number of benzene rings is 1. The number of fused-ring (bicyclic) bond motifs is 1. The second-order valence-corrected chi connectivity index (χ2v) is 7.60. The van der Waals surface area contributed by atoms with Gasteiger partial charge in [0, 0.05) is 29.3 Å². The maximum Gasteiger partial charge on any atom is 0.253 e. The topological polar surface area (TPSA) is 81.0 Å². The Morgan fingerprint density at radius 1 is 1.09 bits per heavy atom. The molecule has 126 valence electrons. The summed E-state index contributed by atoms with van der Waals surface area (Å²) >= 11 is 1.56. The summed E-state index contributed by atoms with van der Waals surface area (Å²) in [7, 11) is 0. The third-order valence-corrected chi connectivity index (χ3v) is 5.85. The van der Waals surface area contributed by atoms with Crippen LogP contribution >= 0.6 is 11.8 Å². The van der Waals surface area contributed by atoms with E-state index < -0.39 is 12.2 Å². The van der Waals surface area contributed by atoms with E-state index in [0.29, 0.717) is 37.2 Å². The first-order valence-electron chi connectivity index (χ1n) is 8.07. The lowest BCUT2D eigenvalue weighted by molar-refractivity contribution is -0.0372. The highest BCUT2D eigenvalue weighted by Gasteiger charge is 2.42. The van der Waals surface area contributed by atoms with E-state index in [4.69, 9.17) is 5.11 Å². The van der Waals surface area contributed by atoms with Gasteiger partial charge in [0.05, 0.1) is 18.8 Å². The third-order valence-electron chi connectivity index (χ3n) is 4.86. The van der Waals surface area contributed by atoms with Crippen molar-refractivity contribution in [3.05, 3.63) is 29.8 Å². The molecule has 0 bridgehead atoms. The summed E-state index contributed by atoms with van der Waals surface area (Å²) < 4.78 is 0. The molecular weight excluding hydrogens is 314 g/mol. The first kappa shape index (κ1) is 16.8. The number of carbonyl (C=O) groups is 1. The minimum Gasteiger partial charge on any atom is -0.396 e. The number of aliphatic hydroxyl groups excluding tert-OH is 3. The van der Waals surface area contributed by atoms with E-state index in [1.807, 2.05) is 29.2 Å². The Balaban J connectivity index is 1.62. The van der Waals surface area contributed by atoms with Gasteiger partial charge in [-0.05, 0) is 48.9 Å². The summed E-state index contributed by atoms with van der Waals surface area (Å²) in [6.45, 7) is 1.46. The highest BCUT2D eigenvalue weighted by molar-refractivity contribution is 7.99. The largest absolute Gasteiger partial charge is 0.396 e. The molecule has 4 unspecified atom stereocenters. The van der Waals surface area contributed by atoms with Gasteiger partial charge in [-0.2, -0.15) is 0 Å². The van der Waals surface area contributed by atoms with Crippen molar-refractivity contribution < 1.29 is 20.1 Å². The van der Waals surface area contributed by atoms with Crippen molar-refractivity contribution in [3.8, 4) is 0 Å². The molecule has 1 amide bonds. The van der Waals surface area contributed by atoms with Crippen LogP contribution in [0.5, 0.6) is 0 Å². The lowest BCUT2D eigenvalue weighted by Gasteiger charge is -2.31. The summed E-state index contributed by atoms with van der Waals surface area (Å²) in [6.07, 6.45) is -0.165. The Hall–Kier alpha value is -1.08. The fraction of sp³-hybridized carbons (Fsp3) is 0.588. The van der Waals surface area contributed by atoms with Crippen molar-refractivity contribution >= 4 is 17.7 Å². The van der Waals surface area contributed by atoms with Crippen molar-refractivity contribution in [1.29, 1.82) is 0 Å². The number of rotatable bonds is 4. The zero-order valence-electron chi connectivity index (χ0n) is 13.0. The van der Waals surface area contributed by atoms with Crippen LogP contribution in [-0.2, 0) is 0 Å². The quantitative estimate of drug-likeness (QED) is 0.714. The SMILES string of the molecule is O=C(c1ccc(SCCO)cc1)N1CC2CC(O)C(O)CC2C1. The smallest absolute Gasteiger partial charge is 0.253 e. The molecular formula is C17H23NO4S. The maximum atomic E-state index is 12.6. The first-order valence-corrected chi connectivity index (χ1v) is 9.06. The molecule has 0 aromatic heterocycles. The standard InChI is InChI=1S/C17H23NO4S/c19-5-6-23-14-3-1-11(2-4-14)17(22)18-9-12-7-15(20)16(21)8-13(12)10-18/h1-4,12-13,15-16,19-21H,5-10H2. The molecule has 5 nitrogen and oxygen atoms in total. The highest BCUT2D eigenvalue weighted by Crippen LogP contribution is 2.37. The van der Waals surface area contributed by atoms with Gasteiger partial charge in [0.15, 0.2) is 0 Å². The normalized spacial score (nSPS) is 30.3. The van der Waals surface area contributed by atoms with Crippen molar-refractivity contribution in [1.82, 2.24) is 4.90 Å². The zero-order chi connectivity index (χ0) is 16.4. The fourth-order valence-electron chi connectivity index (χ4n) is 3.61. The Kier molecular flexibility index (Phi) is 5.26. The Morgan fingerprint density at radius 3 is 2.17 bits per heavy atom. The van der Waals surface area contributed by atoms with E-state index in [0.717, 1.165) is 4.90 Å². The maximum absolute atomic E-state index is 12.6. The van der Waals surface area contributed by atoms with Gasteiger partial charge in [0.2, 0.25) is 0 Å². The third kappa shape index (κ3) is 3.71. The van der Waals surface area contributed by atoms with Gasteiger partial charge in [-0.15, -0.1) is 11.8 Å². The summed E-state index contributed by atoms with van der Waals surface area (Å²) in [5.41, 5.74) is 0.665. The van der Waals surface area contributed by atoms with Crippen LogP contribution in [0.1, 0.15) is 23.2 Å². The highest BCUT2D eigenvalue weighted by atomic mass is 32.2. The van der Waals surface area contributed by atoms with Gasteiger partial charge in [-0.3, -0.25) is 4.79 Å². The van der Waals surface area contributed by atoms with Crippen LogP contribution in [0.15, 0.2) is 29.2 Å². The number of aliphatic hydroxyl groups is 3. The van der Waals surface area contributed by atoms with Gasteiger partial charge < -0.3 is 20.2 Å². The van der Waals surface area contributed by atoms with Crippen LogP contribution in [0.4, 0.5) is 0 Å². The number of carbonyl (C=O) groups excluding carboxylic acids is 1. The number of nitrogens with zero attached hydrogens (tertiary/aromatic N) is 1. The Bertz CT molecular complexity index is 532. The Labute approximate surface area is 140 Å². The number of amides is 1. The van der Waals surface area contributed by atoms with Gasteiger partial charge in [0.1, 0.15) is 0 Å². The van der Waals surface area contributed by atoms with Crippen LogP contribution < -0.4 is 0 Å². The van der Waals surface area contributed by atoms with Gasteiger partial charge >= 0.3 is 0 Å². The molecule has 4 atom stereocenters. The summed E-state index contributed by atoms with van der Waals surface area (Å²) in [5.74, 6) is 1.24. The van der Waals surface area contributed by atoms with Crippen LogP contribution in [0.2, 0.25) is 0 Å². The molecule has 2 aliphatic rings. The number of hydrogen-bond donors (Lipinski definition) is 3. The second kappa shape index (κ2) is 7.21. The lowest BCUT2D eigenvalue weighted by atomic mass is 9.79. The number of thioether (sulfide) groups is 1. The predicted octanol–water partition coefficient (Wildman–Crippen LogP) is 0.975. The summed E-state index contributed by atoms with van der Waals surface area (Å²) in [4.78, 5) is 15.5. The minimum absolute atomic E-state index is 0.0158. The molecule has 1 aliphatic carbocycles. The number of hydrogen-bond acceptors (Lipinski definition) is 5. The second-order valence-electron chi connectivity index (χ2n) is 6.43. The fourth-order valence-corrected chi connectivity index (χ4v) is 4.27. The molecule has 3 rings (SSSR count). The van der Waals surface area contributed by atoms with Crippen molar-refractivity contribution in [2.75, 3.05) is 25.4 Å². The van der Waals surface area contributed by atoms with Crippen LogP contribution in [0.3, 0.4) is 0 Å². The molecule has 3 N–H and O–H groups in total. The average molecular weight is 337 g/mol. The summed E-state index contributed by atoms with van der Waals surface area (Å²) in [6, 6.07) is 7.47. The van der Waals surface area contributed by atoms with Crippen LogP contribution in [0.25, 0.3) is 0 Å². The number of likely N-dealkylation sites (tertiary alicyclic amines) is 1. The molecule has 1 saturated carbocycles. The molecule has 1 aromatic rings. The van der Waals surface area contributed by atoms with E-state index in [1.54, 1.807) is 11.8 Å². The average Bonchev–Trinajstić information content (AvgIpc) is 2.96. The zero-order valence-corrected chi connectivity index (χ0v) is 13.8. The van der Waals surface area contributed by atoms with E-state index in [1.165, 1.54) is 0 Å². The lowest BCUT2D eigenvalue weighted by Crippen LogP contribution is -2.38. The molecule has 0 spiro atoms. The predicted molar refractivity (Wildman–Crippen MR) is 88.4 cm³/mol. The van der Waals surface area contributed by atoms with Crippen molar-refractivity contribution in [2.45, 2.75) is 29.9 Å². The molecule has 1 aromatic carbocycles. The summed E-state index contributed by atoms with van der Waals surface area (Å²) in [5, 5.41) is 28.4. The molecule has 1 aliphatic heterocycles. The Morgan fingerprint density at radius 2 is 1.65 bits per heavy atom. The van der Waals surface area contributed by atoms with Gasteiger partial charge in [-0.1, -0.05) is 0 Å². The van der Waals surface area contributed by atoms with E-state index in [2.05, 4.69) is 0 Å². The van der Waals surface area contributed by atoms with Gasteiger partial charge in [0.25, 0.3) is 5.91 Å². The van der Waals surface area contributed by atoms with E-state index in [9.17, 15) is 15.0 Å².